The monoisotopic (exact) mass is 1000 g/mol. The molecule has 2 aromatic rings. The third-order valence-electron chi connectivity index (χ3n) is 12.8. The lowest BCUT2D eigenvalue weighted by Gasteiger charge is -2.29. The van der Waals surface area contributed by atoms with Crippen molar-refractivity contribution in [1.82, 2.24) is 52.3 Å². The molecule has 0 radical (unpaired) electrons. The molecule has 10 amide bonds. The molecule has 0 saturated carbocycles. The highest BCUT2D eigenvalue weighted by Gasteiger charge is 2.39. The first-order valence-corrected chi connectivity index (χ1v) is 25.1. The second kappa shape index (κ2) is 29.4. The van der Waals surface area contributed by atoms with Crippen molar-refractivity contribution in [2.75, 3.05) is 52.4 Å². The molecule has 2 aromatic carbocycles. The molecule has 392 valence electrons. The second-order valence-corrected chi connectivity index (χ2v) is 18.3. The first-order chi connectivity index (χ1) is 34.8. The van der Waals surface area contributed by atoms with E-state index in [1.165, 1.54) is 9.80 Å². The van der Waals surface area contributed by atoms with Gasteiger partial charge in [-0.3, -0.25) is 47.9 Å². The Bertz CT molecular complexity index is 2030. The summed E-state index contributed by atoms with van der Waals surface area (Å²) in [5, 5.41) is 21.8. The van der Waals surface area contributed by atoms with Crippen LogP contribution < -0.4 is 54.0 Å². The van der Waals surface area contributed by atoms with E-state index in [1.807, 2.05) is 36.4 Å². The summed E-state index contributed by atoms with van der Waals surface area (Å²) in [6, 6.07) is 12.2. The molecule has 5 rings (SSSR count). The van der Waals surface area contributed by atoms with Crippen LogP contribution >= 0.6 is 0 Å². The van der Waals surface area contributed by atoms with Crippen LogP contribution in [0.4, 0.5) is 0 Å². The molecule has 0 spiro atoms. The molecule has 22 nitrogen and oxygen atoms in total. The Morgan fingerprint density at radius 3 is 1.08 bits per heavy atom. The molecule has 12 N–H and O–H groups in total. The lowest BCUT2D eigenvalue weighted by atomic mass is 10.0. The highest BCUT2D eigenvalue weighted by molar-refractivity contribution is 5.95. The number of nitrogens with zero attached hydrogens (tertiary/aromatic N) is 2. The highest BCUT2D eigenvalue weighted by Crippen LogP contribution is 2.22. The minimum absolute atomic E-state index is 0.104. The number of carbonyl (C=O) groups is 10. The lowest BCUT2D eigenvalue weighted by Crippen LogP contribution is -2.55. The molecule has 3 aliphatic heterocycles. The van der Waals surface area contributed by atoms with Crippen molar-refractivity contribution in [2.24, 2.45) is 11.5 Å². The zero-order valence-electron chi connectivity index (χ0n) is 40.9. The van der Waals surface area contributed by atoms with Gasteiger partial charge in [-0.05, 0) is 75.6 Å². The molecule has 0 aliphatic carbocycles. The number of hydrogen-bond donors (Lipinski definition) is 10. The summed E-state index contributed by atoms with van der Waals surface area (Å²) in [6.45, 7) is 0.522. The van der Waals surface area contributed by atoms with Gasteiger partial charge in [-0.1, -0.05) is 60.7 Å². The molecule has 0 bridgehead atoms. The first kappa shape index (κ1) is 56.0. The molecule has 72 heavy (non-hydrogen) atoms. The highest BCUT2D eigenvalue weighted by atomic mass is 16.2. The minimum Gasteiger partial charge on any atom is -0.354 e. The van der Waals surface area contributed by atoms with E-state index in [2.05, 4.69) is 42.5 Å². The van der Waals surface area contributed by atoms with Crippen LogP contribution in [0.25, 0.3) is 0 Å². The van der Waals surface area contributed by atoms with Crippen LogP contribution in [0.5, 0.6) is 0 Å². The molecular formula is C50H72N12O10. The summed E-state index contributed by atoms with van der Waals surface area (Å²) in [5.74, 6) is -5.17. The number of rotatable bonds is 10. The van der Waals surface area contributed by atoms with E-state index >= 15 is 0 Å². The summed E-state index contributed by atoms with van der Waals surface area (Å²) in [6.07, 6.45) is 2.34. The summed E-state index contributed by atoms with van der Waals surface area (Å²) in [5.41, 5.74) is 13.0. The van der Waals surface area contributed by atoms with Gasteiger partial charge in [0.05, 0.1) is 0 Å². The number of hydrogen-bond acceptors (Lipinski definition) is 12. The van der Waals surface area contributed by atoms with Gasteiger partial charge in [0.2, 0.25) is 59.1 Å². The fourth-order valence-corrected chi connectivity index (χ4v) is 9.03. The summed E-state index contributed by atoms with van der Waals surface area (Å²) < 4.78 is 0. The predicted molar refractivity (Wildman–Crippen MR) is 265 cm³/mol. The van der Waals surface area contributed by atoms with E-state index in [1.54, 1.807) is 24.3 Å². The Balaban J connectivity index is 1.32. The van der Waals surface area contributed by atoms with Crippen molar-refractivity contribution in [3.05, 3.63) is 71.8 Å². The van der Waals surface area contributed by atoms with Gasteiger partial charge < -0.3 is 63.8 Å². The van der Waals surface area contributed by atoms with E-state index in [0.717, 1.165) is 11.1 Å². The van der Waals surface area contributed by atoms with Crippen molar-refractivity contribution >= 4 is 59.1 Å². The van der Waals surface area contributed by atoms with Crippen LogP contribution in [-0.4, -0.2) is 157 Å². The van der Waals surface area contributed by atoms with Crippen LogP contribution in [0.3, 0.4) is 0 Å². The third kappa shape index (κ3) is 17.7. The molecule has 3 saturated heterocycles. The van der Waals surface area contributed by atoms with Gasteiger partial charge in [-0.25, -0.2) is 0 Å². The van der Waals surface area contributed by atoms with Crippen LogP contribution in [0.15, 0.2) is 60.7 Å². The minimum atomic E-state index is -1.06. The summed E-state index contributed by atoms with van der Waals surface area (Å²) in [4.78, 5) is 138. The van der Waals surface area contributed by atoms with Crippen molar-refractivity contribution in [3.63, 3.8) is 0 Å². The Morgan fingerprint density at radius 1 is 0.431 bits per heavy atom. The molecule has 0 aromatic heterocycles. The maximum absolute atomic E-state index is 14.2. The van der Waals surface area contributed by atoms with Crippen LogP contribution in [0.1, 0.15) is 88.2 Å². The van der Waals surface area contributed by atoms with Crippen molar-refractivity contribution in [3.8, 4) is 0 Å². The van der Waals surface area contributed by atoms with Gasteiger partial charge in [-0.15, -0.1) is 0 Å². The SMILES string of the molecule is NCCC[C@H]1NC(=O)CCNC(=O)[C@@H]2CCCN2C(=O)[C@@H](Cc2ccccc2)NC(=O)CCNC(=O)[C@@H](CCCN)NC(=O)CCNC(=O)[C@@H]2CCCN2C(=O)[C@@H](Cc2ccccc2)NC(=O)CCNC1=O. The smallest absolute Gasteiger partial charge is 0.246 e. The maximum Gasteiger partial charge on any atom is 0.246 e. The molecule has 22 heteroatoms. The number of nitrogens with two attached hydrogens (primary N) is 2. The number of amides is 10. The zero-order valence-corrected chi connectivity index (χ0v) is 40.9. The quantitative estimate of drug-likeness (QED) is 0.123. The number of benzene rings is 2. The molecule has 3 aliphatic rings. The summed E-state index contributed by atoms with van der Waals surface area (Å²) in [7, 11) is 0. The van der Waals surface area contributed by atoms with E-state index in [4.69, 9.17) is 11.5 Å². The fourth-order valence-electron chi connectivity index (χ4n) is 9.03. The standard InChI is InChI=1S/C50H72N12O10/c51-23-7-15-35-45(67)53-25-19-43(65)59-37(31-33-11-3-1-4-12-33)49(71)61-29-9-17-39(61)47(69)55-27-21-41(63)58-36(16-8-24-52)46(68)54-26-20-44(66)60-38(32-34-13-5-2-6-14-34)50(72)62-30-10-18-40(62)48(70)56-28-22-42(64)57-35/h1-6,11-14,35-40H,7-10,15-32,51-52H2,(H,53,67)(H,54,68)(H,55,69)(H,56,70)(H,57,64)(H,58,63)(H,59,65)(H,60,66)/t35-,36-,37-,38-,39+,40+/m1/s1. The van der Waals surface area contributed by atoms with Crippen molar-refractivity contribution < 1.29 is 47.9 Å². The average molecular weight is 1000 g/mol. The number of nitrogens with one attached hydrogen (secondary N) is 8. The molecule has 0 unspecified atom stereocenters. The molecule has 3 fully saturated rings. The van der Waals surface area contributed by atoms with E-state index in [0.29, 0.717) is 38.5 Å². The Hall–Kier alpha value is -6.94. The Morgan fingerprint density at radius 2 is 0.750 bits per heavy atom. The van der Waals surface area contributed by atoms with Gasteiger partial charge in [0.15, 0.2) is 0 Å². The topological polar surface area (TPSA) is 325 Å². The lowest BCUT2D eigenvalue weighted by molar-refractivity contribution is -0.141. The van der Waals surface area contributed by atoms with Crippen LogP contribution in [-0.2, 0) is 60.8 Å². The van der Waals surface area contributed by atoms with Gasteiger partial charge >= 0.3 is 0 Å². The summed E-state index contributed by atoms with van der Waals surface area (Å²) >= 11 is 0. The van der Waals surface area contributed by atoms with Crippen LogP contribution in [0, 0.1) is 0 Å². The van der Waals surface area contributed by atoms with Gasteiger partial charge in [0.1, 0.15) is 36.3 Å². The number of fused-ring (bicyclic) bond motifs is 2. The normalized spacial score (nSPS) is 24.8. The van der Waals surface area contributed by atoms with Crippen molar-refractivity contribution in [2.45, 2.75) is 126 Å². The van der Waals surface area contributed by atoms with E-state index < -0.39 is 95.3 Å². The predicted octanol–water partition coefficient (Wildman–Crippen LogP) is -2.09. The maximum atomic E-state index is 14.2. The van der Waals surface area contributed by atoms with Crippen LogP contribution in [0.2, 0.25) is 0 Å². The zero-order chi connectivity index (χ0) is 51.8. The van der Waals surface area contributed by atoms with Crippen molar-refractivity contribution in [1.29, 1.82) is 0 Å². The third-order valence-corrected chi connectivity index (χ3v) is 12.8. The van der Waals surface area contributed by atoms with E-state index in [-0.39, 0.29) is 104 Å². The first-order valence-electron chi connectivity index (χ1n) is 25.1. The fraction of sp³-hybridized carbons (Fsp3) is 0.560. The van der Waals surface area contributed by atoms with Gasteiger partial charge in [-0.2, -0.15) is 0 Å². The largest absolute Gasteiger partial charge is 0.354 e. The molecule has 6 atom stereocenters. The van der Waals surface area contributed by atoms with Gasteiger partial charge in [0.25, 0.3) is 0 Å². The Kier molecular flexibility index (Phi) is 22.9. The van der Waals surface area contributed by atoms with E-state index in [9.17, 15) is 47.9 Å². The average Bonchev–Trinajstić information content (AvgIpc) is 4.08. The van der Waals surface area contributed by atoms with Gasteiger partial charge in [0, 0.05) is 77.8 Å². The molecular weight excluding hydrogens is 929 g/mol. The second-order valence-electron chi connectivity index (χ2n) is 18.3. The number of carbonyl (C=O) groups excluding carboxylic acids is 10. The Labute approximate surface area is 420 Å². The molecule has 3 heterocycles.